The summed E-state index contributed by atoms with van der Waals surface area (Å²) in [6.45, 7) is 0. The van der Waals surface area contributed by atoms with Crippen molar-refractivity contribution in [2.24, 2.45) is 5.73 Å². The monoisotopic (exact) mass is 333 g/mol. The normalized spacial score (nSPS) is 14.7. The van der Waals surface area contributed by atoms with E-state index in [1.54, 1.807) is 0 Å². The molecular formula is C25H19N. The molecular weight excluding hydrogens is 314 g/mol. The lowest BCUT2D eigenvalue weighted by Crippen LogP contribution is -2.10. The molecule has 0 aliphatic heterocycles. The zero-order valence-electron chi connectivity index (χ0n) is 14.4. The Balaban J connectivity index is 1.86. The summed E-state index contributed by atoms with van der Waals surface area (Å²) in [6, 6.07) is 34.0. The van der Waals surface area contributed by atoms with Crippen LogP contribution in [0.3, 0.4) is 0 Å². The summed E-state index contributed by atoms with van der Waals surface area (Å²) in [7, 11) is 0. The van der Waals surface area contributed by atoms with Crippen LogP contribution in [0.2, 0.25) is 0 Å². The van der Waals surface area contributed by atoms with E-state index in [1.807, 2.05) is 0 Å². The molecule has 124 valence electrons. The van der Waals surface area contributed by atoms with Crippen LogP contribution in [0.15, 0.2) is 97.1 Å². The minimum absolute atomic E-state index is 0.0972. The fourth-order valence-electron chi connectivity index (χ4n) is 4.12. The summed E-state index contributed by atoms with van der Waals surface area (Å²) in [5.41, 5.74) is 16.6. The SMILES string of the molecule is NC1c2ccccc2-c2ccc(-c3ccccc3)c(-c3ccccc3)c21. The first-order chi connectivity index (χ1) is 12.8. The minimum atomic E-state index is -0.0972. The quantitative estimate of drug-likeness (QED) is 0.475. The molecule has 1 unspecified atom stereocenters. The zero-order chi connectivity index (χ0) is 17.5. The van der Waals surface area contributed by atoms with Gasteiger partial charge in [0.05, 0.1) is 6.04 Å². The van der Waals surface area contributed by atoms with Gasteiger partial charge in [-0.1, -0.05) is 97.1 Å². The fraction of sp³-hybridized carbons (Fsp3) is 0.0400. The highest BCUT2D eigenvalue weighted by atomic mass is 14.7. The van der Waals surface area contributed by atoms with E-state index in [0.717, 1.165) is 0 Å². The van der Waals surface area contributed by atoms with Crippen LogP contribution in [0.1, 0.15) is 17.2 Å². The standard InChI is InChI=1S/C25H19N/c26-25-22-14-8-7-13-20(22)21-16-15-19(17-9-3-1-4-10-17)23(24(21)25)18-11-5-2-6-12-18/h1-16,25H,26H2. The molecule has 1 aliphatic rings. The number of hydrogen-bond acceptors (Lipinski definition) is 1. The van der Waals surface area contributed by atoms with Crippen molar-refractivity contribution in [3.63, 3.8) is 0 Å². The molecule has 0 saturated carbocycles. The van der Waals surface area contributed by atoms with E-state index in [9.17, 15) is 0 Å². The van der Waals surface area contributed by atoms with Crippen LogP contribution >= 0.6 is 0 Å². The number of hydrogen-bond donors (Lipinski definition) is 1. The molecule has 0 amide bonds. The number of fused-ring (bicyclic) bond motifs is 3. The summed E-state index contributed by atoms with van der Waals surface area (Å²) < 4.78 is 0. The van der Waals surface area contributed by atoms with E-state index in [0.29, 0.717) is 0 Å². The molecule has 0 fully saturated rings. The first kappa shape index (κ1) is 15.1. The maximum Gasteiger partial charge on any atom is 0.0570 e. The number of benzene rings is 4. The molecule has 1 nitrogen and oxygen atoms in total. The smallest absolute Gasteiger partial charge is 0.0570 e. The van der Waals surface area contributed by atoms with Gasteiger partial charge in [-0.05, 0) is 44.5 Å². The largest absolute Gasteiger partial charge is 0.320 e. The van der Waals surface area contributed by atoms with Crippen LogP contribution < -0.4 is 5.73 Å². The van der Waals surface area contributed by atoms with Gasteiger partial charge in [0, 0.05) is 0 Å². The third kappa shape index (κ3) is 2.22. The van der Waals surface area contributed by atoms with Gasteiger partial charge < -0.3 is 5.73 Å². The van der Waals surface area contributed by atoms with Crippen LogP contribution in [-0.2, 0) is 0 Å². The van der Waals surface area contributed by atoms with Gasteiger partial charge in [-0.25, -0.2) is 0 Å². The molecule has 2 N–H and O–H groups in total. The van der Waals surface area contributed by atoms with Gasteiger partial charge in [-0.15, -0.1) is 0 Å². The first-order valence-corrected chi connectivity index (χ1v) is 8.97. The van der Waals surface area contributed by atoms with E-state index in [1.165, 1.54) is 44.5 Å². The number of rotatable bonds is 2. The summed E-state index contributed by atoms with van der Waals surface area (Å²) >= 11 is 0. The van der Waals surface area contributed by atoms with Crippen molar-refractivity contribution in [2.45, 2.75) is 6.04 Å². The summed E-state index contributed by atoms with van der Waals surface area (Å²) in [4.78, 5) is 0. The topological polar surface area (TPSA) is 26.0 Å². The molecule has 0 bridgehead atoms. The molecule has 26 heavy (non-hydrogen) atoms. The van der Waals surface area contributed by atoms with E-state index >= 15 is 0 Å². The van der Waals surface area contributed by atoms with E-state index in [2.05, 4.69) is 97.1 Å². The Labute approximate surface area is 153 Å². The van der Waals surface area contributed by atoms with Crippen molar-refractivity contribution >= 4 is 0 Å². The van der Waals surface area contributed by atoms with Crippen molar-refractivity contribution in [3.8, 4) is 33.4 Å². The third-order valence-corrected chi connectivity index (χ3v) is 5.29. The predicted octanol–water partition coefficient (Wildman–Crippen LogP) is 6.05. The van der Waals surface area contributed by atoms with Crippen LogP contribution in [0, 0.1) is 0 Å². The number of nitrogens with two attached hydrogens (primary N) is 1. The van der Waals surface area contributed by atoms with Gasteiger partial charge in [-0.3, -0.25) is 0 Å². The molecule has 0 aromatic heterocycles. The average Bonchev–Trinajstić information content (AvgIpc) is 3.01. The molecule has 1 heteroatoms. The molecule has 4 aromatic rings. The maximum absolute atomic E-state index is 6.74. The highest BCUT2D eigenvalue weighted by Gasteiger charge is 2.30. The Kier molecular flexibility index (Phi) is 3.48. The van der Waals surface area contributed by atoms with Gasteiger partial charge in [0.1, 0.15) is 0 Å². The van der Waals surface area contributed by atoms with Crippen molar-refractivity contribution in [1.29, 1.82) is 0 Å². The van der Waals surface area contributed by atoms with Crippen molar-refractivity contribution in [2.75, 3.05) is 0 Å². The first-order valence-electron chi connectivity index (χ1n) is 8.97. The fourth-order valence-corrected chi connectivity index (χ4v) is 4.12. The Morgan fingerprint density at radius 3 is 1.81 bits per heavy atom. The van der Waals surface area contributed by atoms with E-state index in [4.69, 9.17) is 5.73 Å². The molecule has 0 heterocycles. The van der Waals surface area contributed by atoms with Crippen LogP contribution in [0.4, 0.5) is 0 Å². The molecule has 1 atom stereocenters. The Hall–Kier alpha value is -3.16. The highest BCUT2D eigenvalue weighted by molar-refractivity contribution is 5.94. The van der Waals surface area contributed by atoms with Crippen molar-refractivity contribution < 1.29 is 0 Å². The molecule has 5 rings (SSSR count). The Bertz CT molecular complexity index is 1080. The van der Waals surface area contributed by atoms with Crippen LogP contribution in [0.25, 0.3) is 33.4 Å². The minimum Gasteiger partial charge on any atom is -0.320 e. The summed E-state index contributed by atoms with van der Waals surface area (Å²) in [6.07, 6.45) is 0. The lowest BCUT2D eigenvalue weighted by molar-refractivity contribution is 0.903. The third-order valence-electron chi connectivity index (χ3n) is 5.29. The van der Waals surface area contributed by atoms with Crippen molar-refractivity contribution in [1.82, 2.24) is 0 Å². The maximum atomic E-state index is 6.74. The average molecular weight is 333 g/mol. The van der Waals surface area contributed by atoms with Crippen LogP contribution in [0.5, 0.6) is 0 Å². The summed E-state index contributed by atoms with van der Waals surface area (Å²) in [5.74, 6) is 0. The predicted molar refractivity (Wildman–Crippen MR) is 109 cm³/mol. The molecule has 0 radical (unpaired) electrons. The summed E-state index contributed by atoms with van der Waals surface area (Å²) in [5, 5.41) is 0. The highest BCUT2D eigenvalue weighted by Crippen LogP contribution is 2.49. The lowest BCUT2D eigenvalue weighted by atomic mass is 9.87. The Morgan fingerprint density at radius 2 is 1.08 bits per heavy atom. The Morgan fingerprint density at radius 1 is 0.500 bits per heavy atom. The molecule has 0 saturated heterocycles. The molecule has 0 spiro atoms. The second kappa shape index (κ2) is 5.98. The van der Waals surface area contributed by atoms with E-state index in [-0.39, 0.29) is 6.04 Å². The second-order valence-corrected chi connectivity index (χ2v) is 6.75. The molecule has 1 aliphatic carbocycles. The van der Waals surface area contributed by atoms with Gasteiger partial charge in [0.15, 0.2) is 0 Å². The molecule has 4 aromatic carbocycles. The van der Waals surface area contributed by atoms with Gasteiger partial charge in [-0.2, -0.15) is 0 Å². The van der Waals surface area contributed by atoms with Gasteiger partial charge in [0.25, 0.3) is 0 Å². The van der Waals surface area contributed by atoms with E-state index < -0.39 is 0 Å². The lowest BCUT2D eigenvalue weighted by Gasteiger charge is -2.18. The van der Waals surface area contributed by atoms with Crippen LogP contribution in [-0.4, -0.2) is 0 Å². The van der Waals surface area contributed by atoms with Gasteiger partial charge in [0.2, 0.25) is 0 Å². The van der Waals surface area contributed by atoms with Gasteiger partial charge >= 0.3 is 0 Å². The zero-order valence-corrected chi connectivity index (χ0v) is 14.4. The van der Waals surface area contributed by atoms with Crippen molar-refractivity contribution in [3.05, 3.63) is 108 Å². The second-order valence-electron chi connectivity index (χ2n) is 6.75.